The zero-order valence-corrected chi connectivity index (χ0v) is 10.5. The molecule has 0 aliphatic rings. The first-order chi connectivity index (χ1) is 7.61. The number of carbonyl (C=O) groups excluding carboxylic acids is 1. The Hall–Kier alpha value is -1.32. The number of imidazole rings is 1. The van der Waals surface area contributed by atoms with Gasteiger partial charge in [-0.2, -0.15) is 0 Å². The third-order valence-corrected chi connectivity index (χ3v) is 2.86. The molecule has 0 radical (unpaired) electrons. The summed E-state index contributed by atoms with van der Waals surface area (Å²) in [5.74, 6) is 0.612. The highest BCUT2D eigenvalue weighted by atomic mass is 16.5. The number of hydrogen-bond acceptors (Lipinski definition) is 3. The maximum Gasteiger partial charge on any atom is 0.358 e. The fourth-order valence-corrected chi connectivity index (χ4v) is 1.68. The smallest absolute Gasteiger partial charge is 0.358 e. The number of esters is 1. The van der Waals surface area contributed by atoms with Crippen LogP contribution in [-0.4, -0.2) is 22.6 Å². The van der Waals surface area contributed by atoms with Crippen LogP contribution in [-0.2, 0) is 18.2 Å². The maximum absolute atomic E-state index is 11.4. The molecule has 0 N–H and O–H groups in total. The number of hydrogen-bond donors (Lipinski definition) is 0. The highest BCUT2D eigenvalue weighted by Crippen LogP contribution is 2.13. The third kappa shape index (κ3) is 2.62. The summed E-state index contributed by atoms with van der Waals surface area (Å²) >= 11 is 0. The second-order valence-electron chi connectivity index (χ2n) is 3.97. The Morgan fingerprint density at radius 3 is 2.69 bits per heavy atom. The van der Waals surface area contributed by atoms with Gasteiger partial charge in [0.25, 0.3) is 0 Å². The van der Waals surface area contributed by atoms with E-state index >= 15 is 0 Å². The molecule has 4 heteroatoms. The molecule has 1 heterocycles. The van der Waals surface area contributed by atoms with Crippen molar-refractivity contribution in [3.05, 3.63) is 17.2 Å². The molecule has 0 saturated carbocycles. The number of carbonyl (C=O) groups is 1. The van der Waals surface area contributed by atoms with E-state index in [4.69, 9.17) is 4.74 Å². The largest absolute Gasteiger partial charge is 0.464 e. The predicted octanol–water partition coefficient (Wildman–Crippen LogP) is 2.25. The molecule has 16 heavy (non-hydrogen) atoms. The van der Waals surface area contributed by atoms with Gasteiger partial charge >= 0.3 is 5.97 Å². The Bertz CT molecular complexity index is 369. The summed E-state index contributed by atoms with van der Waals surface area (Å²) in [7, 11) is 3.32. The van der Waals surface area contributed by atoms with Crippen molar-refractivity contribution in [2.75, 3.05) is 7.11 Å². The van der Waals surface area contributed by atoms with Crippen molar-refractivity contribution in [3.8, 4) is 0 Å². The van der Waals surface area contributed by atoms with Crippen LogP contribution in [0.25, 0.3) is 0 Å². The Balaban J connectivity index is 2.83. The molecule has 1 aromatic rings. The lowest BCUT2D eigenvalue weighted by atomic mass is 10.2. The van der Waals surface area contributed by atoms with Crippen molar-refractivity contribution in [3.63, 3.8) is 0 Å². The van der Waals surface area contributed by atoms with Crippen LogP contribution in [0.4, 0.5) is 0 Å². The number of methoxy groups -OCH3 is 1. The van der Waals surface area contributed by atoms with Crippen LogP contribution >= 0.6 is 0 Å². The third-order valence-electron chi connectivity index (χ3n) is 2.86. The molecule has 0 unspecified atom stereocenters. The number of aryl methyl sites for hydroxylation is 1. The van der Waals surface area contributed by atoms with Crippen LogP contribution in [0.1, 0.15) is 48.2 Å². The molecular weight excluding hydrogens is 204 g/mol. The van der Waals surface area contributed by atoms with E-state index in [0.29, 0.717) is 5.69 Å². The summed E-state index contributed by atoms with van der Waals surface area (Å²) in [6.07, 6.45) is 4.41. The normalized spacial score (nSPS) is 10.5. The SMILES string of the molecule is CCCCCc1nc(C(=O)OC)c(C)n1C. The summed E-state index contributed by atoms with van der Waals surface area (Å²) in [6.45, 7) is 4.06. The topological polar surface area (TPSA) is 44.1 Å². The van der Waals surface area contributed by atoms with Crippen molar-refractivity contribution < 1.29 is 9.53 Å². The molecule has 1 aromatic heterocycles. The van der Waals surface area contributed by atoms with Crippen molar-refractivity contribution in [2.45, 2.75) is 39.5 Å². The summed E-state index contributed by atoms with van der Waals surface area (Å²) in [4.78, 5) is 15.8. The van der Waals surface area contributed by atoms with Gasteiger partial charge in [-0.1, -0.05) is 19.8 Å². The molecule has 4 nitrogen and oxygen atoms in total. The van der Waals surface area contributed by atoms with Crippen molar-refractivity contribution in [1.82, 2.24) is 9.55 Å². The van der Waals surface area contributed by atoms with Gasteiger partial charge in [0.05, 0.1) is 7.11 Å². The van der Waals surface area contributed by atoms with Crippen LogP contribution < -0.4 is 0 Å². The summed E-state index contributed by atoms with van der Waals surface area (Å²) < 4.78 is 6.67. The molecule has 0 bridgehead atoms. The van der Waals surface area contributed by atoms with E-state index in [1.165, 1.54) is 20.0 Å². The van der Waals surface area contributed by atoms with E-state index in [9.17, 15) is 4.79 Å². The standard InChI is InChI=1S/C12H20N2O2/c1-5-6-7-8-10-13-11(12(15)16-4)9(2)14(10)3/h5-8H2,1-4H3. The van der Waals surface area contributed by atoms with E-state index in [1.54, 1.807) is 0 Å². The van der Waals surface area contributed by atoms with Gasteiger partial charge in [0, 0.05) is 19.2 Å². The van der Waals surface area contributed by atoms with Crippen LogP contribution in [0.2, 0.25) is 0 Å². The fourth-order valence-electron chi connectivity index (χ4n) is 1.68. The average Bonchev–Trinajstić information content (AvgIpc) is 2.57. The molecule has 0 amide bonds. The summed E-state index contributed by atoms with van der Waals surface area (Å²) in [6, 6.07) is 0. The molecule has 0 saturated heterocycles. The lowest BCUT2D eigenvalue weighted by molar-refractivity contribution is 0.0593. The molecule has 0 aliphatic carbocycles. The van der Waals surface area contributed by atoms with E-state index in [0.717, 1.165) is 24.4 Å². The molecular formula is C12H20N2O2. The Labute approximate surface area is 96.6 Å². The molecule has 0 aliphatic heterocycles. The van der Waals surface area contributed by atoms with E-state index in [2.05, 4.69) is 11.9 Å². The van der Waals surface area contributed by atoms with Crippen LogP contribution in [0, 0.1) is 6.92 Å². The summed E-state index contributed by atoms with van der Waals surface area (Å²) in [5.41, 5.74) is 1.31. The average molecular weight is 224 g/mol. The van der Waals surface area contributed by atoms with Crippen molar-refractivity contribution >= 4 is 5.97 Å². The predicted molar refractivity (Wildman–Crippen MR) is 62.5 cm³/mol. The van der Waals surface area contributed by atoms with Gasteiger partial charge in [-0.15, -0.1) is 0 Å². The molecule has 1 rings (SSSR count). The fraction of sp³-hybridized carbons (Fsp3) is 0.667. The van der Waals surface area contributed by atoms with Gasteiger partial charge in [0.2, 0.25) is 0 Å². The zero-order valence-electron chi connectivity index (χ0n) is 10.5. The Morgan fingerprint density at radius 1 is 1.44 bits per heavy atom. The van der Waals surface area contributed by atoms with Crippen LogP contribution in [0.15, 0.2) is 0 Å². The van der Waals surface area contributed by atoms with Crippen LogP contribution in [0.3, 0.4) is 0 Å². The Kier molecular flexibility index (Phi) is 4.52. The van der Waals surface area contributed by atoms with Gasteiger partial charge in [-0.3, -0.25) is 0 Å². The molecule has 0 atom stereocenters. The van der Waals surface area contributed by atoms with Gasteiger partial charge in [0.15, 0.2) is 5.69 Å². The van der Waals surface area contributed by atoms with E-state index < -0.39 is 0 Å². The minimum Gasteiger partial charge on any atom is -0.464 e. The quantitative estimate of drug-likeness (QED) is 0.569. The van der Waals surface area contributed by atoms with Gasteiger partial charge in [-0.05, 0) is 13.3 Å². The highest BCUT2D eigenvalue weighted by Gasteiger charge is 2.17. The number of nitrogens with zero attached hydrogens (tertiary/aromatic N) is 2. The molecule has 0 fully saturated rings. The molecule has 90 valence electrons. The summed E-state index contributed by atoms with van der Waals surface area (Å²) in [5, 5.41) is 0. The number of rotatable bonds is 5. The molecule has 0 spiro atoms. The zero-order chi connectivity index (χ0) is 12.1. The number of aromatic nitrogens is 2. The minimum atomic E-state index is -0.352. The second kappa shape index (κ2) is 5.68. The first-order valence-corrected chi connectivity index (χ1v) is 5.72. The van der Waals surface area contributed by atoms with E-state index in [1.807, 2.05) is 18.5 Å². The minimum absolute atomic E-state index is 0.352. The second-order valence-corrected chi connectivity index (χ2v) is 3.97. The first-order valence-electron chi connectivity index (χ1n) is 5.72. The van der Waals surface area contributed by atoms with Gasteiger partial charge in [-0.25, -0.2) is 9.78 Å². The monoisotopic (exact) mass is 224 g/mol. The first kappa shape index (κ1) is 12.7. The number of unbranched alkanes of at least 4 members (excludes halogenated alkanes) is 2. The van der Waals surface area contributed by atoms with Gasteiger partial charge in [0.1, 0.15) is 5.82 Å². The number of ether oxygens (including phenoxy) is 1. The lowest BCUT2D eigenvalue weighted by Gasteiger charge is -2.01. The lowest BCUT2D eigenvalue weighted by Crippen LogP contribution is -2.04. The highest BCUT2D eigenvalue weighted by molar-refractivity contribution is 5.88. The van der Waals surface area contributed by atoms with Crippen molar-refractivity contribution in [1.29, 1.82) is 0 Å². The van der Waals surface area contributed by atoms with Crippen molar-refractivity contribution in [2.24, 2.45) is 7.05 Å². The maximum atomic E-state index is 11.4. The van der Waals surface area contributed by atoms with E-state index in [-0.39, 0.29) is 5.97 Å². The van der Waals surface area contributed by atoms with Gasteiger partial charge < -0.3 is 9.30 Å². The molecule has 0 aromatic carbocycles. The Morgan fingerprint density at radius 2 is 2.12 bits per heavy atom. The van der Waals surface area contributed by atoms with Crippen LogP contribution in [0.5, 0.6) is 0 Å².